The highest BCUT2D eigenvalue weighted by Crippen LogP contribution is 1.95. The van der Waals surface area contributed by atoms with E-state index < -0.39 is 21.5 Å². The summed E-state index contributed by atoms with van der Waals surface area (Å²) in [5.74, 6) is -1.63. The Labute approximate surface area is 71.1 Å². The maximum absolute atomic E-state index is 10.9. The predicted octanol–water partition coefficient (Wildman–Crippen LogP) is -0.810. The lowest BCUT2D eigenvalue weighted by Crippen LogP contribution is -2.24. The molecule has 0 radical (unpaired) electrons. The molecule has 0 unspecified atom stereocenters. The smallest absolute Gasteiger partial charge is 0.232 e. The Kier molecular flexibility index (Phi) is 4.29. The van der Waals surface area contributed by atoms with Crippen LogP contribution >= 0.6 is 0 Å². The molecule has 0 aliphatic heterocycles. The molecule has 0 bridgehead atoms. The molecule has 0 saturated carbocycles. The van der Waals surface area contributed by atoms with Crippen molar-refractivity contribution in [2.45, 2.75) is 12.8 Å². The van der Waals surface area contributed by atoms with Gasteiger partial charge in [0.15, 0.2) is 9.84 Å². The fraction of sp³-hybridized carbons (Fsp3) is 0.667. The summed E-state index contributed by atoms with van der Waals surface area (Å²) in [7, 11) is -3.38. The minimum absolute atomic E-state index is 0.149. The van der Waals surface area contributed by atoms with E-state index in [4.69, 9.17) is 11.0 Å². The van der Waals surface area contributed by atoms with Crippen LogP contribution in [0.4, 0.5) is 0 Å². The first kappa shape index (κ1) is 10.9. The molecule has 0 rings (SSSR count). The van der Waals surface area contributed by atoms with Crippen molar-refractivity contribution in [2.24, 2.45) is 5.73 Å². The van der Waals surface area contributed by atoms with Crippen LogP contribution in [0.3, 0.4) is 0 Å². The maximum Gasteiger partial charge on any atom is 0.232 e. The largest absolute Gasteiger partial charge is 0.369 e. The van der Waals surface area contributed by atoms with E-state index in [1.807, 2.05) is 6.07 Å². The number of amides is 1. The summed E-state index contributed by atoms with van der Waals surface area (Å²) in [6.45, 7) is 0. The number of nitrogens with zero attached hydrogens (tertiary/aromatic N) is 1. The number of primary amides is 1. The number of hydrogen-bond donors (Lipinski definition) is 1. The molecule has 0 heterocycles. The van der Waals surface area contributed by atoms with Crippen LogP contribution in [0, 0.1) is 11.3 Å². The van der Waals surface area contributed by atoms with Gasteiger partial charge < -0.3 is 5.73 Å². The molecule has 0 spiro atoms. The minimum Gasteiger partial charge on any atom is -0.369 e. The summed E-state index contributed by atoms with van der Waals surface area (Å²) < 4.78 is 21.8. The summed E-state index contributed by atoms with van der Waals surface area (Å²) in [5, 5.41) is 8.11. The molecule has 1 amide bonds. The van der Waals surface area contributed by atoms with Crippen molar-refractivity contribution in [3.05, 3.63) is 0 Å². The van der Waals surface area contributed by atoms with Gasteiger partial charge in [0.1, 0.15) is 5.75 Å². The third-order valence-electron chi connectivity index (χ3n) is 1.11. The van der Waals surface area contributed by atoms with Crippen molar-refractivity contribution in [2.75, 3.05) is 11.5 Å². The predicted molar refractivity (Wildman–Crippen MR) is 42.7 cm³/mol. The number of hydrogen-bond acceptors (Lipinski definition) is 4. The van der Waals surface area contributed by atoms with Gasteiger partial charge in [-0.1, -0.05) is 0 Å². The van der Waals surface area contributed by atoms with Gasteiger partial charge >= 0.3 is 0 Å². The molecule has 12 heavy (non-hydrogen) atoms. The molecule has 0 aromatic carbocycles. The molecular weight excluding hydrogens is 180 g/mol. The topological polar surface area (TPSA) is 101 Å². The molecule has 0 fully saturated rings. The zero-order valence-electron chi connectivity index (χ0n) is 6.49. The molecule has 0 atom stereocenters. The van der Waals surface area contributed by atoms with Gasteiger partial charge in [-0.05, 0) is 6.42 Å². The number of unbranched alkanes of at least 4 members (excludes halogenated alkanes) is 1. The van der Waals surface area contributed by atoms with Crippen molar-refractivity contribution < 1.29 is 13.2 Å². The van der Waals surface area contributed by atoms with Crippen molar-refractivity contribution in [3.63, 3.8) is 0 Å². The molecular formula is C6H10N2O3S. The Morgan fingerprint density at radius 3 is 2.50 bits per heavy atom. The first-order chi connectivity index (χ1) is 5.48. The SMILES string of the molecule is N#CCCCS(=O)(=O)CC(N)=O. The highest BCUT2D eigenvalue weighted by atomic mass is 32.2. The lowest BCUT2D eigenvalue weighted by molar-refractivity contribution is -0.115. The second-order valence-electron chi connectivity index (χ2n) is 2.32. The molecule has 0 aliphatic carbocycles. The zero-order valence-corrected chi connectivity index (χ0v) is 7.30. The lowest BCUT2D eigenvalue weighted by Gasteiger charge is -1.97. The van der Waals surface area contributed by atoms with Crippen LogP contribution in [0.1, 0.15) is 12.8 Å². The average molecular weight is 190 g/mol. The first-order valence-electron chi connectivity index (χ1n) is 3.33. The van der Waals surface area contributed by atoms with Crippen molar-refractivity contribution in [3.8, 4) is 6.07 Å². The quantitative estimate of drug-likeness (QED) is 0.573. The van der Waals surface area contributed by atoms with E-state index in [0.29, 0.717) is 0 Å². The standard InChI is InChI=1S/C6H10N2O3S/c7-3-1-2-4-12(10,11)5-6(8)9/h1-2,4-5H2,(H2,8,9). The Hall–Kier alpha value is -1.09. The number of nitrogens with two attached hydrogens (primary N) is 1. The summed E-state index contributed by atoms with van der Waals surface area (Å²) in [6.07, 6.45) is 0.435. The van der Waals surface area contributed by atoms with E-state index in [-0.39, 0.29) is 18.6 Å². The fourth-order valence-electron chi connectivity index (χ4n) is 0.660. The van der Waals surface area contributed by atoms with Gasteiger partial charge in [-0.2, -0.15) is 5.26 Å². The first-order valence-corrected chi connectivity index (χ1v) is 5.16. The van der Waals surface area contributed by atoms with Crippen LogP contribution in [-0.2, 0) is 14.6 Å². The minimum atomic E-state index is -3.38. The summed E-state index contributed by atoms with van der Waals surface area (Å²) in [4.78, 5) is 10.2. The fourth-order valence-corrected chi connectivity index (χ4v) is 1.82. The Morgan fingerprint density at radius 1 is 1.50 bits per heavy atom. The molecule has 0 saturated heterocycles. The van der Waals surface area contributed by atoms with E-state index in [0.717, 1.165) is 0 Å². The average Bonchev–Trinajstić information content (AvgIpc) is 1.84. The Morgan fingerprint density at radius 2 is 2.08 bits per heavy atom. The third kappa shape index (κ3) is 5.68. The third-order valence-corrected chi connectivity index (χ3v) is 2.74. The van der Waals surface area contributed by atoms with Crippen molar-refractivity contribution in [1.29, 1.82) is 5.26 Å². The number of nitriles is 1. The second-order valence-corrected chi connectivity index (χ2v) is 4.50. The van der Waals surface area contributed by atoms with Gasteiger partial charge in [-0.25, -0.2) is 8.42 Å². The van der Waals surface area contributed by atoms with Crippen LogP contribution in [0.15, 0.2) is 0 Å². The molecule has 6 heteroatoms. The number of carbonyl (C=O) groups excluding carboxylic acids is 1. The Balaban J connectivity index is 3.91. The van der Waals surface area contributed by atoms with Crippen LogP contribution < -0.4 is 5.73 Å². The number of rotatable bonds is 5. The van der Waals surface area contributed by atoms with E-state index in [1.54, 1.807) is 0 Å². The molecule has 0 aliphatic rings. The number of sulfone groups is 1. The van der Waals surface area contributed by atoms with Crippen LogP contribution in [0.25, 0.3) is 0 Å². The van der Waals surface area contributed by atoms with Crippen LogP contribution in [-0.4, -0.2) is 25.8 Å². The van der Waals surface area contributed by atoms with Crippen molar-refractivity contribution in [1.82, 2.24) is 0 Å². The number of carbonyl (C=O) groups is 1. The van der Waals surface area contributed by atoms with Gasteiger partial charge in [0, 0.05) is 6.42 Å². The van der Waals surface area contributed by atoms with E-state index in [2.05, 4.69) is 0 Å². The molecule has 0 aromatic rings. The Bertz CT molecular complexity index is 288. The summed E-state index contributed by atoms with van der Waals surface area (Å²) in [5.41, 5.74) is 4.70. The van der Waals surface area contributed by atoms with Gasteiger partial charge in [-0.3, -0.25) is 4.79 Å². The normalized spacial score (nSPS) is 10.6. The lowest BCUT2D eigenvalue weighted by atomic mass is 10.4. The molecule has 0 aromatic heterocycles. The molecule has 68 valence electrons. The summed E-state index contributed by atoms with van der Waals surface area (Å²) in [6, 6.07) is 1.81. The molecule has 5 nitrogen and oxygen atoms in total. The van der Waals surface area contributed by atoms with Gasteiger partial charge in [0.25, 0.3) is 0 Å². The zero-order chi connectivity index (χ0) is 9.61. The van der Waals surface area contributed by atoms with E-state index in [1.165, 1.54) is 0 Å². The van der Waals surface area contributed by atoms with E-state index in [9.17, 15) is 13.2 Å². The summed E-state index contributed by atoms with van der Waals surface area (Å²) >= 11 is 0. The van der Waals surface area contributed by atoms with Crippen LogP contribution in [0.5, 0.6) is 0 Å². The monoisotopic (exact) mass is 190 g/mol. The maximum atomic E-state index is 10.9. The molecule has 2 N–H and O–H groups in total. The van der Waals surface area contributed by atoms with Crippen molar-refractivity contribution >= 4 is 15.7 Å². The highest BCUT2D eigenvalue weighted by Gasteiger charge is 2.13. The van der Waals surface area contributed by atoms with Crippen LogP contribution in [0.2, 0.25) is 0 Å². The van der Waals surface area contributed by atoms with Gasteiger partial charge in [0.2, 0.25) is 5.91 Å². The van der Waals surface area contributed by atoms with Gasteiger partial charge in [0.05, 0.1) is 11.8 Å². The highest BCUT2D eigenvalue weighted by molar-refractivity contribution is 7.92. The van der Waals surface area contributed by atoms with E-state index >= 15 is 0 Å². The van der Waals surface area contributed by atoms with Gasteiger partial charge in [-0.15, -0.1) is 0 Å². The second kappa shape index (κ2) is 4.72.